The van der Waals surface area contributed by atoms with E-state index in [1.165, 1.54) is 24.3 Å². The monoisotopic (exact) mass is 213 g/mol. The van der Waals surface area contributed by atoms with E-state index in [9.17, 15) is 9.18 Å². The predicted octanol–water partition coefficient (Wildman–Crippen LogP) is 0.141. The topological polar surface area (TPSA) is 83.5 Å². The summed E-state index contributed by atoms with van der Waals surface area (Å²) in [5.74, 6) is -1.73. The van der Waals surface area contributed by atoms with E-state index in [-0.39, 0.29) is 12.2 Å². The van der Waals surface area contributed by atoms with Crippen LogP contribution in [0.25, 0.3) is 0 Å². The highest BCUT2D eigenvalue weighted by Gasteiger charge is 2.21. The molecule has 4 N–H and O–H groups in total. The van der Waals surface area contributed by atoms with Crippen molar-refractivity contribution in [1.29, 1.82) is 0 Å². The van der Waals surface area contributed by atoms with Crippen molar-refractivity contribution < 1.29 is 19.4 Å². The fourth-order valence-corrected chi connectivity index (χ4v) is 1.19. The first kappa shape index (κ1) is 11.6. The summed E-state index contributed by atoms with van der Waals surface area (Å²) in [6.07, 6.45) is -1.41. The molecule has 0 bridgehead atoms. The molecule has 0 saturated carbocycles. The zero-order chi connectivity index (χ0) is 11.4. The first-order valence-electron chi connectivity index (χ1n) is 4.41. The van der Waals surface area contributed by atoms with Crippen LogP contribution in [0.4, 0.5) is 4.39 Å². The Hall–Kier alpha value is -1.46. The molecule has 0 aliphatic heterocycles. The van der Waals surface area contributed by atoms with Crippen LogP contribution in [0, 0.1) is 5.82 Å². The predicted molar refractivity (Wildman–Crippen MR) is 51.7 cm³/mol. The zero-order valence-electron chi connectivity index (χ0n) is 7.93. The van der Waals surface area contributed by atoms with Gasteiger partial charge in [0.1, 0.15) is 5.82 Å². The molecule has 0 aliphatic carbocycles. The molecule has 5 heteroatoms. The zero-order valence-corrected chi connectivity index (χ0v) is 7.93. The molecule has 0 radical (unpaired) electrons. The highest BCUT2D eigenvalue weighted by Crippen LogP contribution is 2.06. The number of hydrogen-bond donors (Lipinski definition) is 3. The van der Waals surface area contributed by atoms with Crippen LogP contribution in [-0.4, -0.2) is 28.3 Å². The maximum absolute atomic E-state index is 12.5. The maximum Gasteiger partial charge on any atom is 0.334 e. The van der Waals surface area contributed by atoms with E-state index in [0.29, 0.717) is 5.56 Å². The normalized spacial score (nSPS) is 14.6. The van der Waals surface area contributed by atoms with E-state index in [0.717, 1.165) is 0 Å². The van der Waals surface area contributed by atoms with Crippen LogP contribution in [0.3, 0.4) is 0 Å². The fourth-order valence-electron chi connectivity index (χ4n) is 1.19. The third-order valence-electron chi connectivity index (χ3n) is 2.04. The lowest BCUT2D eigenvalue weighted by atomic mass is 10.0. The Morgan fingerprint density at radius 3 is 2.40 bits per heavy atom. The second kappa shape index (κ2) is 4.86. The second-order valence-electron chi connectivity index (χ2n) is 3.28. The first-order valence-corrected chi connectivity index (χ1v) is 4.41. The molecule has 1 aromatic carbocycles. The number of halogens is 1. The molecular formula is C10H12FNO3. The Labute approximate surface area is 86.1 Å². The number of hydrogen-bond acceptors (Lipinski definition) is 3. The van der Waals surface area contributed by atoms with Gasteiger partial charge in [0.15, 0.2) is 6.10 Å². The molecule has 15 heavy (non-hydrogen) atoms. The molecule has 82 valence electrons. The molecule has 0 heterocycles. The fraction of sp³-hybridized carbons (Fsp3) is 0.300. The van der Waals surface area contributed by atoms with E-state index in [1.807, 2.05) is 0 Å². The smallest absolute Gasteiger partial charge is 0.334 e. The molecule has 0 unspecified atom stereocenters. The van der Waals surface area contributed by atoms with Crippen molar-refractivity contribution in [3.8, 4) is 0 Å². The van der Waals surface area contributed by atoms with E-state index in [2.05, 4.69) is 0 Å². The van der Waals surface area contributed by atoms with Gasteiger partial charge in [0, 0.05) is 6.04 Å². The summed E-state index contributed by atoms with van der Waals surface area (Å²) in [7, 11) is 0. The molecule has 0 fully saturated rings. The largest absolute Gasteiger partial charge is 0.479 e. The van der Waals surface area contributed by atoms with Crippen LogP contribution in [0.5, 0.6) is 0 Å². The van der Waals surface area contributed by atoms with Crippen molar-refractivity contribution in [2.24, 2.45) is 5.73 Å². The number of carboxylic acids is 1. The van der Waals surface area contributed by atoms with Crippen molar-refractivity contribution in [1.82, 2.24) is 0 Å². The first-order chi connectivity index (χ1) is 7.00. The Kier molecular flexibility index (Phi) is 3.76. The van der Waals surface area contributed by atoms with Gasteiger partial charge in [0.2, 0.25) is 0 Å². The van der Waals surface area contributed by atoms with Crippen LogP contribution in [-0.2, 0) is 11.2 Å². The number of benzene rings is 1. The lowest BCUT2D eigenvalue weighted by Gasteiger charge is -2.14. The molecule has 1 rings (SSSR count). The molecular weight excluding hydrogens is 201 g/mol. The summed E-state index contributed by atoms with van der Waals surface area (Å²) in [6.45, 7) is 0. The third kappa shape index (κ3) is 3.30. The molecule has 0 aromatic heterocycles. The van der Waals surface area contributed by atoms with Crippen molar-refractivity contribution in [2.45, 2.75) is 18.6 Å². The van der Waals surface area contributed by atoms with Crippen molar-refractivity contribution in [3.05, 3.63) is 35.6 Å². The Morgan fingerprint density at radius 2 is 1.93 bits per heavy atom. The summed E-state index contributed by atoms with van der Waals surface area (Å²) in [6, 6.07) is 4.63. The molecule has 0 spiro atoms. The number of aliphatic carboxylic acids is 1. The molecule has 1 aromatic rings. The minimum atomic E-state index is -1.60. The van der Waals surface area contributed by atoms with Gasteiger partial charge in [-0.3, -0.25) is 0 Å². The summed E-state index contributed by atoms with van der Waals surface area (Å²) >= 11 is 0. The number of carbonyl (C=O) groups is 1. The van der Waals surface area contributed by atoms with Crippen molar-refractivity contribution >= 4 is 5.97 Å². The lowest BCUT2D eigenvalue weighted by Crippen LogP contribution is -2.41. The second-order valence-corrected chi connectivity index (χ2v) is 3.28. The number of rotatable bonds is 4. The molecule has 0 amide bonds. The number of nitrogens with two attached hydrogens (primary N) is 1. The van der Waals surface area contributed by atoms with Gasteiger partial charge in [-0.15, -0.1) is 0 Å². The van der Waals surface area contributed by atoms with Gasteiger partial charge < -0.3 is 15.9 Å². The van der Waals surface area contributed by atoms with Crippen LogP contribution in [0.2, 0.25) is 0 Å². The molecule has 0 aliphatic rings. The Bertz CT molecular complexity index is 339. The SMILES string of the molecule is N[C@@H](Cc1ccc(F)cc1)[C@H](O)C(=O)O. The minimum Gasteiger partial charge on any atom is -0.479 e. The average Bonchev–Trinajstić information content (AvgIpc) is 2.20. The highest BCUT2D eigenvalue weighted by atomic mass is 19.1. The Morgan fingerprint density at radius 1 is 1.40 bits per heavy atom. The van der Waals surface area contributed by atoms with Crippen LogP contribution >= 0.6 is 0 Å². The number of carboxylic acid groups (broad SMARTS) is 1. The lowest BCUT2D eigenvalue weighted by molar-refractivity contribution is -0.147. The van der Waals surface area contributed by atoms with Gasteiger partial charge in [0.25, 0.3) is 0 Å². The van der Waals surface area contributed by atoms with Gasteiger partial charge in [-0.2, -0.15) is 0 Å². The minimum absolute atomic E-state index is 0.188. The van der Waals surface area contributed by atoms with Crippen molar-refractivity contribution in [2.75, 3.05) is 0 Å². The molecule has 4 nitrogen and oxygen atoms in total. The van der Waals surface area contributed by atoms with E-state index in [4.69, 9.17) is 15.9 Å². The van der Waals surface area contributed by atoms with Crippen LogP contribution in [0.15, 0.2) is 24.3 Å². The van der Waals surface area contributed by atoms with E-state index < -0.39 is 18.1 Å². The van der Waals surface area contributed by atoms with Gasteiger partial charge in [-0.25, -0.2) is 9.18 Å². The van der Waals surface area contributed by atoms with Crippen molar-refractivity contribution in [3.63, 3.8) is 0 Å². The summed E-state index contributed by atoms with van der Waals surface area (Å²) < 4.78 is 12.5. The summed E-state index contributed by atoms with van der Waals surface area (Å²) in [5.41, 5.74) is 6.15. The van der Waals surface area contributed by atoms with Gasteiger partial charge in [0.05, 0.1) is 0 Å². The quantitative estimate of drug-likeness (QED) is 0.664. The van der Waals surface area contributed by atoms with E-state index in [1.54, 1.807) is 0 Å². The third-order valence-corrected chi connectivity index (χ3v) is 2.04. The van der Waals surface area contributed by atoms with Gasteiger partial charge >= 0.3 is 5.97 Å². The van der Waals surface area contributed by atoms with Gasteiger partial charge in [-0.05, 0) is 24.1 Å². The highest BCUT2D eigenvalue weighted by molar-refractivity contribution is 5.72. The van der Waals surface area contributed by atoms with Gasteiger partial charge in [-0.1, -0.05) is 12.1 Å². The molecule has 2 atom stereocenters. The van der Waals surface area contributed by atoms with E-state index >= 15 is 0 Å². The Balaban J connectivity index is 2.62. The average molecular weight is 213 g/mol. The molecule has 0 saturated heterocycles. The number of aliphatic hydroxyl groups excluding tert-OH is 1. The van der Waals surface area contributed by atoms with Crippen LogP contribution in [0.1, 0.15) is 5.56 Å². The summed E-state index contributed by atoms with van der Waals surface area (Å²) in [4.78, 5) is 10.4. The number of aliphatic hydroxyl groups is 1. The maximum atomic E-state index is 12.5. The standard InChI is InChI=1S/C10H12FNO3/c11-7-3-1-6(2-4-7)5-8(12)9(13)10(14)15/h1-4,8-9,13H,5,12H2,(H,14,15)/t8-,9-/m0/s1. The van der Waals surface area contributed by atoms with Crippen LogP contribution < -0.4 is 5.73 Å². The summed E-state index contributed by atoms with van der Waals surface area (Å²) in [5, 5.41) is 17.6.